The smallest absolute Gasteiger partial charge is 0.408 e. The van der Waals surface area contributed by atoms with Crippen LogP contribution in [0.25, 0.3) is 0 Å². The van der Waals surface area contributed by atoms with E-state index in [4.69, 9.17) is 22.1 Å². The number of ether oxygens (including phenoxy) is 1. The van der Waals surface area contributed by atoms with Crippen molar-refractivity contribution in [3.8, 4) is 0 Å². The van der Waals surface area contributed by atoms with Gasteiger partial charge in [-0.3, -0.25) is 4.79 Å². The van der Waals surface area contributed by atoms with Crippen molar-refractivity contribution in [2.24, 2.45) is 5.73 Å². The Balaban J connectivity index is 3.09. The molecule has 1 aromatic carbocycles. The second kappa shape index (κ2) is 5.71. The van der Waals surface area contributed by atoms with E-state index < -0.39 is 23.1 Å². The molecule has 0 unspecified atom stereocenters. The number of nitrogens with two attached hydrogens (primary N) is 1. The van der Waals surface area contributed by atoms with Gasteiger partial charge in [0, 0.05) is 10.6 Å². The molecule has 1 rings (SSSR count). The van der Waals surface area contributed by atoms with Crippen LogP contribution in [-0.2, 0) is 15.1 Å². The van der Waals surface area contributed by atoms with Crippen molar-refractivity contribution < 1.29 is 14.3 Å². The van der Waals surface area contributed by atoms with Crippen LogP contribution in [0.15, 0.2) is 24.3 Å². The molecule has 0 aliphatic carbocycles. The van der Waals surface area contributed by atoms with E-state index in [9.17, 15) is 9.59 Å². The third-order valence-electron chi connectivity index (χ3n) is 2.66. The third-order valence-corrected chi connectivity index (χ3v) is 2.99. The molecule has 6 heteroatoms. The highest BCUT2D eigenvalue weighted by Gasteiger charge is 2.38. The molecule has 3 N–H and O–H groups in total. The Hall–Kier alpha value is -1.75. The largest absolute Gasteiger partial charge is 0.444 e. The maximum Gasteiger partial charge on any atom is 0.408 e. The fraction of sp³-hybridized carbons (Fsp3) is 0.429. The Morgan fingerprint density at radius 2 is 1.75 bits per heavy atom. The minimum Gasteiger partial charge on any atom is -0.444 e. The average molecular weight is 299 g/mol. The van der Waals surface area contributed by atoms with Crippen molar-refractivity contribution in [2.75, 3.05) is 0 Å². The molecule has 1 atom stereocenters. The van der Waals surface area contributed by atoms with Crippen LogP contribution >= 0.6 is 11.6 Å². The summed E-state index contributed by atoms with van der Waals surface area (Å²) in [6.07, 6.45) is -0.737. The van der Waals surface area contributed by atoms with Crippen LogP contribution in [0.5, 0.6) is 0 Å². The fourth-order valence-electron chi connectivity index (χ4n) is 1.64. The predicted molar refractivity (Wildman–Crippen MR) is 77.4 cm³/mol. The standard InChI is InChI=1S/C14H19ClN2O3/c1-13(2,3)20-12(19)17-14(4,11(16)18)9-7-5-6-8-10(9)15/h5-8H,1-4H3,(H2,16,18)(H,17,19)/t14-/m1/s1. The molecule has 0 aliphatic rings. The number of benzene rings is 1. The lowest BCUT2D eigenvalue weighted by Gasteiger charge is -2.30. The number of rotatable bonds is 3. The molecule has 1 aromatic rings. The Kier molecular flexibility index (Phi) is 4.65. The van der Waals surface area contributed by atoms with Gasteiger partial charge in [0.1, 0.15) is 11.1 Å². The Morgan fingerprint density at radius 3 is 2.20 bits per heavy atom. The van der Waals surface area contributed by atoms with Gasteiger partial charge < -0.3 is 15.8 Å². The van der Waals surface area contributed by atoms with E-state index in [-0.39, 0.29) is 0 Å². The van der Waals surface area contributed by atoms with E-state index in [2.05, 4.69) is 5.32 Å². The summed E-state index contributed by atoms with van der Waals surface area (Å²) in [6, 6.07) is 6.68. The average Bonchev–Trinajstić information content (AvgIpc) is 2.26. The minimum absolute atomic E-state index is 0.338. The molecule has 0 spiro atoms. The SMILES string of the molecule is CC(C)(C)OC(=O)N[C@@](C)(C(N)=O)c1ccccc1Cl. The van der Waals surface area contributed by atoms with Crippen LogP contribution in [0.1, 0.15) is 33.3 Å². The van der Waals surface area contributed by atoms with Gasteiger partial charge in [-0.05, 0) is 33.8 Å². The molecular weight excluding hydrogens is 280 g/mol. The topological polar surface area (TPSA) is 81.4 Å². The molecule has 0 heterocycles. The molecule has 20 heavy (non-hydrogen) atoms. The first-order valence-corrected chi connectivity index (χ1v) is 6.50. The first-order chi connectivity index (χ1) is 9.06. The van der Waals surface area contributed by atoms with Crippen molar-refractivity contribution in [3.63, 3.8) is 0 Å². The van der Waals surface area contributed by atoms with E-state index in [0.717, 1.165) is 0 Å². The molecule has 0 aliphatic heterocycles. The number of alkyl carbamates (subject to hydrolysis) is 1. The van der Waals surface area contributed by atoms with Crippen molar-refractivity contribution in [2.45, 2.75) is 38.8 Å². The minimum atomic E-state index is -1.44. The number of hydrogen-bond acceptors (Lipinski definition) is 3. The maximum atomic E-state index is 11.9. The van der Waals surface area contributed by atoms with Crippen molar-refractivity contribution in [1.29, 1.82) is 0 Å². The van der Waals surface area contributed by atoms with Crippen molar-refractivity contribution >= 4 is 23.6 Å². The lowest BCUT2D eigenvalue weighted by atomic mass is 9.91. The molecule has 0 saturated heterocycles. The van der Waals surface area contributed by atoms with Crippen LogP contribution in [0.3, 0.4) is 0 Å². The fourth-order valence-corrected chi connectivity index (χ4v) is 1.96. The summed E-state index contributed by atoms with van der Waals surface area (Å²) in [5, 5.41) is 2.82. The van der Waals surface area contributed by atoms with Gasteiger partial charge in [0.05, 0.1) is 0 Å². The molecule has 110 valence electrons. The summed E-state index contributed by atoms with van der Waals surface area (Å²) in [5.41, 5.74) is 3.71. The zero-order chi connectivity index (χ0) is 15.6. The van der Waals surface area contributed by atoms with E-state index >= 15 is 0 Å². The molecule has 2 amide bonds. The second-order valence-corrected chi connectivity index (χ2v) is 6.00. The van der Waals surface area contributed by atoms with Crippen LogP contribution in [0, 0.1) is 0 Å². The monoisotopic (exact) mass is 298 g/mol. The van der Waals surface area contributed by atoms with Gasteiger partial charge in [0.25, 0.3) is 0 Å². The van der Waals surface area contributed by atoms with Crippen molar-refractivity contribution in [1.82, 2.24) is 5.32 Å². The summed E-state index contributed by atoms with van der Waals surface area (Å²) in [5.74, 6) is -0.726. The summed E-state index contributed by atoms with van der Waals surface area (Å²) in [7, 11) is 0. The lowest BCUT2D eigenvalue weighted by molar-refractivity contribution is -0.124. The summed E-state index contributed by atoms with van der Waals surface area (Å²) in [6.45, 7) is 6.66. The maximum absolute atomic E-state index is 11.9. The number of hydrogen-bond donors (Lipinski definition) is 2. The number of halogens is 1. The molecule has 0 bridgehead atoms. The molecule has 5 nitrogen and oxygen atoms in total. The van der Waals surface area contributed by atoms with Crippen LogP contribution < -0.4 is 11.1 Å². The quantitative estimate of drug-likeness (QED) is 0.900. The van der Waals surface area contributed by atoms with E-state index in [1.807, 2.05) is 0 Å². The number of nitrogens with one attached hydrogen (secondary N) is 1. The Morgan fingerprint density at radius 1 is 1.20 bits per heavy atom. The Bertz CT molecular complexity index is 525. The normalized spacial score (nSPS) is 14.2. The summed E-state index contributed by atoms with van der Waals surface area (Å²) in [4.78, 5) is 23.6. The van der Waals surface area contributed by atoms with Crippen LogP contribution in [-0.4, -0.2) is 17.6 Å². The second-order valence-electron chi connectivity index (χ2n) is 5.60. The first-order valence-electron chi connectivity index (χ1n) is 6.12. The highest BCUT2D eigenvalue weighted by Crippen LogP contribution is 2.28. The molecule has 0 fully saturated rings. The highest BCUT2D eigenvalue weighted by atomic mass is 35.5. The van der Waals surface area contributed by atoms with Crippen LogP contribution in [0.2, 0.25) is 5.02 Å². The highest BCUT2D eigenvalue weighted by molar-refractivity contribution is 6.31. The van der Waals surface area contributed by atoms with Crippen LogP contribution in [0.4, 0.5) is 4.79 Å². The number of carbonyl (C=O) groups excluding carboxylic acids is 2. The summed E-state index contributed by atoms with van der Waals surface area (Å²) >= 11 is 6.07. The third kappa shape index (κ3) is 3.87. The van der Waals surface area contributed by atoms with E-state index in [1.165, 1.54) is 6.92 Å². The van der Waals surface area contributed by atoms with Gasteiger partial charge in [0.15, 0.2) is 0 Å². The van der Waals surface area contributed by atoms with E-state index in [0.29, 0.717) is 10.6 Å². The molecule has 0 saturated carbocycles. The van der Waals surface area contributed by atoms with Gasteiger partial charge in [0.2, 0.25) is 5.91 Å². The first kappa shape index (κ1) is 16.3. The zero-order valence-corrected chi connectivity index (χ0v) is 12.7. The number of primary amides is 1. The van der Waals surface area contributed by atoms with Gasteiger partial charge in [-0.2, -0.15) is 0 Å². The lowest BCUT2D eigenvalue weighted by Crippen LogP contribution is -2.53. The van der Waals surface area contributed by atoms with Crippen molar-refractivity contribution in [3.05, 3.63) is 34.9 Å². The molecule has 0 aromatic heterocycles. The van der Waals surface area contributed by atoms with Gasteiger partial charge in [-0.15, -0.1) is 0 Å². The van der Waals surface area contributed by atoms with E-state index in [1.54, 1.807) is 45.0 Å². The van der Waals surface area contributed by atoms with Gasteiger partial charge in [-0.1, -0.05) is 29.8 Å². The predicted octanol–water partition coefficient (Wildman–Crippen LogP) is 2.57. The zero-order valence-electron chi connectivity index (χ0n) is 12.0. The molecular formula is C14H19ClN2O3. The Labute approximate surface area is 123 Å². The molecule has 0 radical (unpaired) electrons. The summed E-state index contributed by atoms with van der Waals surface area (Å²) < 4.78 is 5.14. The van der Waals surface area contributed by atoms with Gasteiger partial charge in [-0.25, -0.2) is 4.79 Å². The van der Waals surface area contributed by atoms with Gasteiger partial charge >= 0.3 is 6.09 Å². The number of carbonyl (C=O) groups is 2. The number of amides is 2.